The quantitative estimate of drug-likeness (QED) is 0.787. The number of amides is 2. The Balaban J connectivity index is 2.19. The first-order valence-corrected chi connectivity index (χ1v) is 8.40. The highest BCUT2D eigenvalue weighted by atomic mass is 35.5. The monoisotopic (exact) mass is 360 g/mol. The van der Waals surface area contributed by atoms with Crippen molar-refractivity contribution < 1.29 is 14.3 Å². The van der Waals surface area contributed by atoms with Crippen LogP contribution in [-0.4, -0.2) is 25.5 Å². The molecule has 132 valence electrons. The van der Waals surface area contributed by atoms with Gasteiger partial charge in [-0.1, -0.05) is 30.7 Å². The summed E-state index contributed by atoms with van der Waals surface area (Å²) in [7, 11) is 1.62. The number of hydrogen-bond acceptors (Lipinski definition) is 3. The third-order valence-electron chi connectivity index (χ3n) is 3.54. The van der Waals surface area contributed by atoms with Crippen LogP contribution < -0.4 is 10.6 Å². The van der Waals surface area contributed by atoms with E-state index in [0.717, 1.165) is 12.0 Å². The highest BCUT2D eigenvalue weighted by Gasteiger charge is 2.15. The molecule has 2 aromatic rings. The molecule has 0 aliphatic carbocycles. The van der Waals surface area contributed by atoms with Crippen LogP contribution in [0.25, 0.3) is 0 Å². The second-order valence-electron chi connectivity index (χ2n) is 5.53. The minimum Gasteiger partial charge on any atom is -0.380 e. The summed E-state index contributed by atoms with van der Waals surface area (Å²) in [4.78, 5) is 24.7. The molecule has 2 amide bonds. The molecular weight excluding hydrogens is 340 g/mol. The van der Waals surface area contributed by atoms with E-state index in [1.807, 2.05) is 19.1 Å². The van der Waals surface area contributed by atoms with E-state index in [2.05, 4.69) is 10.6 Å². The van der Waals surface area contributed by atoms with Gasteiger partial charge in [0.05, 0.1) is 17.9 Å². The van der Waals surface area contributed by atoms with Crippen LogP contribution in [0, 0.1) is 0 Å². The van der Waals surface area contributed by atoms with E-state index in [9.17, 15) is 9.59 Å². The minimum absolute atomic E-state index is 0.246. The number of halogens is 1. The second kappa shape index (κ2) is 9.20. The summed E-state index contributed by atoms with van der Waals surface area (Å²) in [6.45, 7) is 3.02. The molecule has 0 radical (unpaired) electrons. The lowest BCUT2D eigenvalue weighted by Gasteiger charge is -2.12. The van der Waals surface area contributed by atoms with Crippen LogP contribution in [0.1, 0.15) is 39.6 Å². The highest BCUT2D eigenvalue weighted by molar-refractivity contribution is 6.31. The zero-order valence-electron chi connectivity index (χ0n) is 14.3. The fraction of sp³-hybridized carbons (Fsp3) is 0.263. The highest BCUT2D eigenvalue weighted by Crippen LogP contribution is 2.22. The molecule has 0 saturated carbocycles. The lowest BCUT2D eigenvalue weighted by atomic mass is 10.1. The molecule has 0 aliphatic heterocycles. The predicted molar refractivity (Wildman–Crippen MR) is 99.2 cm³/mol. The Labute approximate surface area is 152 Å². The van der Waals surface area contributed by atoms with Gasteiger partial charge in [-0.3, -0.25) is 9.59 Å². The Morgan fingerprint density at radius 1 is 1.08 bits per heavy atom. The molecule has 0 bridgehead atoms. The van der Waals surface area contributed by atoms with Gasteiger partial charge in [0, 0.05) is 24.2 Å². The number of methoxy groups -OCH3 is 1. The van der Waals surface area contributed by atoms with Crippen LogP contribution in [-0.2, 0) is 11.3 Å². The molecule has 0 heterocycles. The summed E-state index contributed by atoms with van der Waals surface area (Å²) in [6, 6.07) is 11.9. The largest absolute Gasteiger partial charge is 0.380 e. The molecule has 2 N–H and O–H groups in total. The van der Waals surface area contributed by atoms with Crippen LogP contribution in [0.15, 0.2) is 42.5 Å². The van der Waals surface area contributed by atoms with Gasteiger partial charge in [0.2, 0.25) is 0 Å². The molecule has 5 nitrogen and oxygen atoms in total. The fourth-order valence-electron chi connectivity index (χ4n) is 2.27. The fourth-order valence-corrected chi connectivity index (χ4v) is 2.44. The number of carbonyl (C=O) groups excluding carboxylic acids is 2. The summed E-state index contributed by atoms with van der Waals surface area (Å²) >= 11 is 6.01. The van der Waals surface area contributed by atoms with E-state index in [4.69, 9.17) is 16.3 Å². The van der Waals surface area contributed by atoms with Gasteiger partial charge in [0.25, 0.3) is 11.8 Å². The second-order valence-corrected chi connectivity index (χ2v) is 5.97. The first kappa shape index (κ1) is 19.0. The molecule has 0 spiro atoms. The smallest absolute Gasteiger partial charge is 0.255 e. The maximum Gasteiger partial charge on any atom is 0.255 e. The van der Waals surface area contributed by atoms with E-state index in [1.54, 1.807) is 37.4 Å². The predicted octanol–water partition coefficient (Wildman–Crippen LogP) is 3.88. The normalized spacial score (nSPS) is 10.4. The molecule has 0 aliphatic rings. The van der Waals surface area contributed by atoms with Gasteiger partial charge < -0.3 is 15.4 Å². The van der Waals surface area contributed by atoms with Crippen LogP contribution in [0.2, 0.25) is 5.02 Å². The minimum atomic E-state index is -0.309. The van der Waals surface area contributed by atoms with Gasteiger partial charge in [-0.15, -0.1) is 0 Å². The maximum absolute atomic E-state index is 12.5. The Hall–Kier alpha value is -2.37. The summed E-state index contributed by atoms with van der Waals surface area (Å²) in [5.74, 6) is -0.556. The average molecular weight is 361 g/mol. The van der Waals surface area contributed by atoms with Crippen molar-refractivity contribution in [1.29, 1.82) is 0 Å². The number of benzene rings is 2. The zero-order chi connectivity index (χ0) is 18.2. The summed E-state index contributed by atoms with van der Waals surface area (Å²) in [6.07, 6.45) is 0.828. The van der Waals surface area contributed by atoms with Crippen LogP contribution in [0.5, 0.6) is 0 Å². The lowest BCUT2D eigenvalue weighted by Crippen LogP contribution is -2.25. The van der Waals surface area contributed by atoms with Gasteiger partial charge in [0.15, 0.2) is 0 Å². The van der Waals surface area contributed by atoms with Crippen LogP contribution in [0.3, 0.4) is 0 Å². The van der Waals surface area contributed by atoms with E-state index < -0.39 is 0 Å². The van der Waals surface area contributed by atoms with E-state index >= 15 is 0 Å². The topological polar surface area (TPSA) is 67.4 Å². The molecule has 2 aromatic carbocycles. The number of nitrogens with one attached hydrogen (secondary N) is 2. The zero-order valence-corrected chi connectivity index (χ0v) is 15.0. The van der Waals surface area contributed by atoms with Crippen LogP contribution in [0.4, 0.5) is 5.69 Å². The molecule has 2 rings (SSSR count). The molecule has 0 saturated heterocycles. The summed E-state index contributed by atoms with van der Waals surface area (Å²) in [5.41, 5.74) is 2.22. The van der Waals surface area contributed by atoms with Crippen molar-refractivity contribution >= 4 is 29.1 Å². The van der Waals surface area contributed by atoms with Crippen molar-refractivity contribution in [2.75, 3.05) is 19.0 Å². The third kappa shape index (κ3) is 5.31. The van der Waals surface area contributed by atoms with Crippen molar-refractivity contribution in [2.45, 2.75) is 20.0 Å². The molecular formula is C19H21ClN2O3. The summed E-state index contributed by atoms with van der Waals surface area (Å²) < 4.78 is 5.05. The first-order valence-electron chi connectivity index (χ1n) is 8.02. The number of hydrogen-bond donors (Lipinski definition) is 2. The molecule has 0 aromatic heterocycles. The standard InChI is InChI=1S/C19H21ClN2O3/c1-3-10-21-19(24)16-9-8-15(20)11-17(16)22-18(23)14-6-4-13(5-7-14)12-25-2/h4-9,11H,3,10,12H2,1-2H3,(H,21,24)(H,22,23). The van der Waals surface area contributed by atoms with Crippen molar-refractivity contribution in [3.63, 3.8) is 0 Å². The van der Waals surface area contributed by atoms with Gasteiger partial charge in [-0.2, -0.15) is 0 Å². The lowest BCUT2D eigenvalue weighted by molar-refractivity contribution is 0.0954. The number of rotatable bonds is 7. The Morgan fingerprint density at radius 3 is 2.44 bits per heavy atom. The number of anilines is 1. The van der Waals surface area contributed by atoms with Crippen molar-refractivity contribution in [1.82, 2.24) is 5.32 Å². The SMILES string of the molecule is CCCNC(=O)c1ccc(Cl)cc1NC(=O)c1ccc(COC)cc1. The number of carbonyl (C=O) groups is 2. The Bertz CT molecular complexity index is 745. The Morgan fingerprint density at radius 2 is 1.80 bits per heavy atom. The van der Waals surface area contributed by atoms with E-state index in [0.29, 0.717) is 35.0 Å². The third-order valence-corrected chi connectivity index (χ3v) is 3.77. The van der Waals surface area contributed by atoms with E-state index in [1.165, 1.54) is 0 Å². The Kier molecular flexibility index (Phi) is 6.98. The van der Waals surface area contributed by atoms with Crippen LogP contribution >= 0.6 is 11.6 Å². The molecule has 6 heteroatoms. The van der Waals surface area contributed by atoms with Gasteiger partial charge in [-0.25, -0.2) is 0 Å². The number of ether oxygens (including phenoxy) is 1. The van der Waals surface area contributed by atoms with Gasteiger partial charge in [-0.05, 0) is 42.3 Å². The maximum atomic E-state index is 12.5. The molecule has 0 atom stereocenters. The molecule has 0 unspecified atom stereocenters. The summed E-state index contributed by atoms with van der Waals surface area (Å²) in [5, 5.41) is 6.00. The van der Waals surface area contributed by atoms with Gasteiger partial charge in [0.1, 0.15) is 0 Å². The molecule has 25 heavy (non-hydrogen) atoms. The van der Waals surface area contributed by atoms with E-state index in [-0.39, 0.29) is 11.8 Å². The average Bonchev–Trinajstić information content (AvgIpc) is 2.60. The van der Waals surface area contributed by atoms with Crippen molar-refractivity contribution in [3.05, 3.63) is 64.2 Å². The van der Waals surface area contributed by atoms with Crippen molar-refractivity contribution in [2.24, 2.45) is 0 Å². The van der Waals surface area contributed by atoms with Gasteiger partial charge >= 0.3 is 0 Å². The molecule has 0 fully saturated rings. The first-order chi connectivity index (χ1) is 12.0. The van der Waals surface area contributed by atoms with Crippen molar-refractivity contribution in [3.8, 4) is 0 Å².